The molecule has 0 aromatic carbocycles. The van der Waals surface area contributed by atoms with Gasteiger partial charge in [-0.3, -0.25) is 9.69 Å². The van der Waals surface area contributed by atoms with Crippen molar-refractivity contribution in [3.63, 3.8) is 0 Å². The van der Waals surface area contributed by atoms with Crippen LogP contribution in [0.25, 0.3) is 16.0 Å². The molecule has 1 aliphatic rings. The number of piperazine rings is 1. The molecule has 0 saturated carbocycles. The fourth-order valence-electron chi connectivity index (χ4n) is 5.35. The highest BCUT2D eigenvalue weighted by Gasteiger charge is 2.36. The van der Waals surface area contributed by atoms with E-state index in [0.717, 1.165) is 58.3 Å². The first-order valence-electron chi connectivity index (χ1n) is 12.8. The van der Waals surface area contributed by atoms with Crippen molar-refractivity contribution < 1.29 is 4.84 Å². The van der Waals surface area contributed by atoms with E-state index in [-0.39, 0.29) is 17.6 Å². The second kappa shape index (κ2) is 10.2. The number of thiazole rings is 1. The molecule has 0 radical (unpaired) electrons. The molecule has 0 N–H and O–H groups in total. The second-order valence-corrected chi connectivity index (χ2v) is 10.8. The van der Waals surface area contributed by atoms with Crippen LogP contribution >= 0.6 is 11.3 Å². The van der Waals surface area contributed by atoms with Gasteiger partial charge in [0.05, 0.1) is 28.8 Å². The average Bonchev–Trinajstić information content (AvgIpc) is 3.50. The van der Waals surface area contributed by atoms with Gasteiger partial charge in [-0.25, -0.2) is 24.1 Å². The molecule has 196 valence electrons. The molecule has 1 unspecified atom stereocenters. The molecule has 37 heavy (non-hydrogen) atoms. The number of anilines is 1. The number of oxime groups is 1. The molecule has 1 fully saturated rings. The lowest BCUT2D eigenvalue weighted by molar-refractivity contribution is 0.0993. The summed E-state index contributed by atoms with van der Waals surface area (Å²) in [5.41, 5.74) is 4.19. The summed E-state index contributed by atoms with van der Waals surface area (Å²) in [7, 11) is 3.24. The van der Waals surface area contributed by atoms with Gasteiger partial charge in [0, 0.05) is 44.3 Å². The van der Waals surface area contributed by atoms with Gasteiger partial charge in [0.25, 0.3) is 5.56 Å². The van der Waals surface area contributed by atoms with E-state index in [9.17, 15) is 4.79 Å². The Balaban J connectivity index is 1.50. The first-order valence-corrected chi connectivity index (χ1v) is 13.6. The summed E-state index contributed by atoms with van der Waals surface area (Å²) in [6, 6.07) is 6.61. The van der Waals surface area contributed by atoms with Crippen LogP contribution in [-0.2, 0) is 11.9 Å². The number of fused-ring (bicyclic) bond motifs is 2. The van der Waals surface area contributed by atoms with Gasteiger partial charge >= 0.3 is 0 Å². The van der Waals surface area contributed by atoms with Gasteiger partial charge in [0.2, 0.25) is 0 Å². The summed E-state index contributed by atoms with van der Waals surface area (Å²) in [6.45, 7) is 10.4. The Bertz CT molecular complexity index is 1510. The molecule has 11 heteroatoms. The highest BCUT2D eigenvalue weighted by Crippen LogP contribution is 2.33. The number of pyridine rings is 1. The van der Waals surface area contributed by atoms with E-state index < -0.39 is 0 Å². The van der Waals surface area contributed by atoms with E-state index >= 15 is 0 Å². The summed E-state index contributed by atoms with van der Waals surface area (Å²) in [5, 5.41) is 4.89. The fourth-order valence-corrected chi connectivity index (χ4v) is 6.14. The topological polar surface area (TPSA) is 93.2 Å². The Morgan fingerprint density at radius 2 is 1.97 bits per heavy atom. The molecule has 4 aromatic rings. The highest BCUT2D eigenvalue weighted by molar-refractivity contribution is 7.18. The van der Waals surface area contributed by atoms with Gasteiger partial charge in [0.1, 0.15) is 23.2 Å². The van der Waals surface area contributed by atoms with Crippen molar-refractivity contribution >= 4 is 39.2 Å². The van der Waals surface area contributed by atoms with Gasteiger partial charge in [-0.1, -0.05) is 30.3 Å². The van der Waals surface area contributed by atoms with Crippen LogP contribution in [-0.4, -0.2) is 67.5 Å². The molecule has 5 rings (SSSR count). The van der Waals surface area contributed by atoms with Gasteiger partial charge < -0.3 is 9.74 Å². The van der Waals surface area contributed by atoms with Crippen molar-refractivity contribution in [1.82, 2.24) is 29.0 Å². The molecule has 5 heterocycles. The summed E-state index contributed by atoms with van der Waals surface area (Å²) in [5.74, 6) is 0. The molecule has 1 aliphatic heterocycles. The third-order valence-electron chi connectivity index (χ3n) is 7.43. The standard InChI is InChI=1S/C26H34N8O2S/c1-7-19-15-33(23-11-24(35)31(5)34-13-18(12-27-36-6)29-25(23)34)20(8-2)14-32(19)16(3)21-9-10-22-26(30-21)37-17(4)28-22/h9-13,16,19-20H,7-8,14-15H2,1-6H3/t16?,19-,20+/m1/s1. The Labute approximate surface area is 220 Å². The van der Waals surface area contributed by atoms with Crippen LogP contribution in [0.15, 0.2) is 34.3 Å². The molecule has 4 aromatic heterocycles. The molecule has 0 spiro atoms. The first-order chi connectivity index (χ1) is 17.8. The number of nitrogens with zero attached hydrogens (tertiary/aromatic N) is 8. The molecule has 0 bridgehead atoms. The van der Waals surface area contributed by atoms with Crippen molar-refractivity contribution in [3.8, 4) is 0 Å². The summed E-state index contributed by atoms with van der Waals surface area (Å²) >= 11 is 1.64. The third-order valence-corrected chi connectivity index (χ3v) is 8.31. The normalized spacial score (nSPS) is 19.9. The van der Waals surface area contributed by atoms with Crippen LogP contribution < -0.4 is 10.5 Å². The monoisotopic (exact) mass is 522 g/mol. The van der Waals surface area contributed by atoms with E-state index in [1.54, 1.807) is 39.9 Å². The number of hydrogen-bond donors (Lipinski definition) is 0. The van der Waals surface area contributed by atoms with Crippen LogP contribution in [0.2, 0.25) is 0 Å². The number of aromatic nitrogens is 5. The highest BCUT2D eigenvalue weighted by atomic mass is 32.1. The largest absolute Gasteiger partial charge is 0.399 e. The van der Waals surface area contributed by atoms with Crippen molar-refractivity contribution in [2.45, 2.75) is 58.7 Å². The van der Waals surface area contributed by atoms with Crippen molar-refractivity contribution in [2.24, 2.45) is 12.2 Å². The van der Waals surface area contributed by atoms with Crippen molar-refractivity contribution in [2.75, 3.05) is 25.1 Å². The molecule has 0 aliphatic carbocycles. The lowest BCUT2D eigenvalue weighted by Gasteiger charge is -2.49. The predicted molar refractivity (Wildman–Crippen MR) is 148 cm³/mol. The molecule has 1 saturated heterocycles. The molecular weight excluding hydrogens is 488 g/mol. The maximum Gasteiger partial charge on any atom is 0.267 e. The summed E-state index contributed by atoms with van der Waals surface area (Å²) in [6.07, 6.45) is 5.30. The van der Waals surface area contributed by atoms with Crippen LogP contribution in [0.3, 0.4) is 0 Å². The zero-order valence-electron chi connectivity index (χ0n) is 22.2. The smallest absolute Gasteiger partial charge is 0.267 e. The Morgan fingerprint density at radius 1 is 1.19 bits per heavy atom. The minimum Gasteiger partial charge on any atom is -0.399 e. The SMILES string of the molecule is CC[C@H]1CN(C(C)c2ccc3nc(C)sc3n2)[C@H](CC)CN1c1cc(=O)n(C)n2cc(C=NOC)nc12. The zero-order chi connectivity index (χ0) is 26.3. The Hall–Kier alpha value is -3.31. The number of imidazole rings is 1. The lowest BCUT2D eigenvalue weighted by Crippen LogP contribution is -2.59. The Morgan fingerprint density at radius 3 is 2.70 bits per heavy atom. The first kappa shape index (κ1) is 25.3. The minimum absolute atomic E-state index is 0.0776. The van der Waals surface area contributed by atoms with Crippen LogP contribution in [0.4, 0.5) is 5.69 Å². The summed E-state index contributed by atoms with van der Waals surface area (Å²) in [4.78, 5) is 38.0. The Kier molecular flexibility index (Phi) is 7.00. The van der Waals surface area contributed by atoms with Gasteiger partial charge in [0.15, 0.2) is 5.65 Å². The van der Waals surface area contributed by atoms with Crippen molar-refractivity contribution in [1.29, 1.82) is 0 Å². The minimum atomic E-state index is -0.0776. The van der Waals surface area contributed by atoms with Gasteiger partial charge in [-0.15, -0.1) is 0 Å². The predicted octanol–water partition coefficient (Wildman–Crippen LogP) is 3.77. The van der Waals surface area contributed by atoms with Crippen LogP contribution in [0.1, 0.15) is 56.1 Å². The van der Waals surface area contributed by atoms with E-state index in [1.807, 2.05) is 13.1 Å². The van der Waals surface area contributed by atoms with Gasteiger partial charge in [-0.05, 0) is 38.8 Å². The second-order valence-electron chi connectivity index (χ2n) is 9.59. The maximum absolute atomic E-state index is 12.9. The third kappa shape index (κ3) is 4.61. The van der Waals surface area contributed by atoms with Crippen LogP contribution in [0, 0.1) is 6.92 Å². The molecule has 0 amide bonds. The van der Waals surface area contributed by atoms with E-state index in [1.165, 1.54) is 7.11 Å². The average molecular weight is 523 g/mol. The van der Waals surface area contributed by atoms with E-state index in [2.05, 4.69) is 52.8 Å². The van der Waals surface area contributed by atoms with Crippen molar-refractivity contribution in [3.05, 3.63) is 51.1 Å². The number of aryl methyl sites for hydroxylation is 2. The molecular formula is C26H34N8O2S. The number of rotatable bonds is 7. The molecule has 3 atom stereocenters. The van der Waals surface area contributed by atoms with E-state index in [0.29, 0.717) is 11.7 Å². The molecule has 10 nitrogen and oxygen atoms in total. The fraction of sp³-hybridized carbons (Fsp3) is 0.500. The lowest BCUT2D eigenvalue weighted by atomic mass is 9.98. The van der Waals surface area contributed by atoms with Gasteiger partial charge in [-0.2, -0.15) is 0 Å². The quantitative estimate of drug-likeness (QED) is 0.269. The van der Waals surface area contributed by atoms with E-state index in [4.69, 9.17) is 14.8 Å². The summed E-state index contributed by atoms with van der Waals surface area (Å²) < 4.78 is 3.36. The van der Waals surface area contributed by atoms with Crippen LogP contribution in [0.5, 0.6) is 0 Å². The zero-order valence-corrected chi connectivity index (χ0v) is 23.1. The maximum atomic E-state index is 12.9. The number of hydrogen-bond acceptors (Lipinski definition) is 9.